The summed E-state index contributed by atoms with van der Waals surface area (Å²) in [5.74, 6) is 1.12. The first-order valence-corrected chi connectivity index (χ1v) is 7.19. The number of carbonyl (C=O) groups excluding carboxylic acids is 1. The lowest BCUT2D eigenvalue weighted by Gasteiger charge is -2.28. The van der Waals surface area contributed by atoms with Crippen molar-refractivity contribution in [3.8, 4) is 0 Å². The molecule has 1 saturated carbocycles. The van der Waals surface area contributed by atoms with E-state index in [9.17, 15) is 9.59 Å². The zero-order valence-electron chi connectivity index (χ0n) is 9.80. The fraction of sp³-hybridized carbons (Fsp3) is 0.818. The van der Waals surface area contributed by atoms with Crippen LogP contribution in [0.1, 0.15) is 19.3 Å². The molecule has 0 atom stereocenters. The van der Waals surface area contributed by atoms with E-state index in [1.807, 2.05) is 11.8 Å². The Morgan fingerprint density at radius 3 is 2.71 bits per heavy atom. The third-order valence-corrected chi connectivity index (χ3v) is 4.08. The van der Waals surface area contributed by atoms with Gasteiger partial charge in [0.25, 0.3) is 0 Å². The third kappa shape index (κ3) is 3.52. The number of aliphatic carboxylic acids is 1. The van der Waals surface area contributed by atoms with Crippen molar-refractivity contribution in [1.82, 2.24) is 9.80 Å². The number of thioether (sulfide) groups is 1. The number of carboxylic acids is 1. The summed E-state index contributed by atoms with van der Waals surface area (Å²) in [5, 5.41) is 8.85. The van der Waals surface area contributed by atoms with Crippen LogP contribution in [-0.2, 0) is 4.79 Å². The predicted octanol–water partition coefficient (Wildman–Crippen LogP) is 1.09. The van der Waals surface area contributed by atoms with Gasteiger partial charge in [0.1, 0.15) is 6.54 Å². The smallest absolute Gasteiger partial charge is 0.323 e. The summed E-state index contributed by atoms with van der Waals surface area (Å²) < 4.78 is 0. The Bertz CT molecular complexity index is 299. The highest BCUT2D eigenvalue weighted by Gasteiger charge is 2.36. The Morgan fingerprint density at radius 2 is 2.06 bits per heavy atom. The molecule has 1 aliphatic carbocycles. The van der Waals surface area contributed by atoms with E-state index in [2.05, 4.69) is 0 Å². The minimum absolute atomic E-state index is 0.0857. The molecule has 2 fully saturated rings. The first-order chi connectivity index (χ1) is 8.18. The van der Waals surface area contributed by atoms with E-state index in [1.54, 1.807) is 4.90 Å². The first-order valence-electron chi connectivity index (χ1n) is 6.03. The standard InChI is InChI=1S/C11H18N2O3S/c14-10(15)8-13(9-2-3-9)11(16)12-4-1-6-17-7-5-12/h9H,1-8H2,(H,14,15). The van der Waals surface area contributed by atoms with Crippen molar-refractivity contribution in [2.45, 2.75) is 25.3 Å². The Balaban J connectivity index is 1.96. The van der Waals surface area contributed by atoms with Crippen LogP contribution in [0.25, 0.3) is 0 Å². The van der Waals surface area contributed by atoms with E-state index < -0.39 is 5.97 Å². The van der Waals surface area contributed by atoms with Crippen LogP contribution in [0.5, 0.6) is 0 Å². The zero-order chi connectivity index (χ0) is 12.3. The summed E-state index contributed by atoms with van der Waals surface area (Å²) >= 11 is 1.86. The van der Waals surface area contributed by atoms with Crippen LogP contribution in [0.2, 0.25) is 0 Å². The van der Waals surface area contributed by atoms with Crippen LogP contribution in [0.3, 0.4) is 0 Å². The Morgan fingerprint density at radius 1 is 1.29 bits per heavy atom. The Kier molecular flexibility index (Phi) is 4.15. The monoisotopic (exact) mass is 258 g/mol. The van der Waals surface area contributed by atoms with E-state index in [-0.39, 0.29) is 18.6 Å². The molecule has 1 heterocycles. The molecule has 1 aliphatic heterocycles. The molecule has 0 aromatic rings. The molecule has 0 aromatic carbocycles. The summed E-state index contributed by atoms with van der Waals surface area (Å²) in [7, 11) is 0. The molecular weight excluding hydrogens is 240 g/mol. The minimum atomic E-state index is -0.922. The number of rotatable bonds is 3. The maximum atomic E-state index is 12.2. The molecule has 0 aromatic heterocycles. The zero-order valence-corrected chi connectivity index (χ0v) is 10.6. The van der Waals surface area contributed by atoms with Gasteiger partial charge < -0.3 is 14.9 Å². The van der Waals surface area contributed by atoms with Crippen LogP contribution in [0, 0.1) is 0 Å². The van der Waals surface area contributed by atoms with Crippen molar-refractivity contribution in [3.63, 3.8) is 0 Å². The molecule has 1 N–H and O–H groups in total. The molecule has 2 rings (SSSR count). The lowest BCUT2D eigenvalue weighted by Crippen LogP contribution is -2.47. The summed E-state index contributed by atoms with van der Waals surface area (Å²) in [6, 6.07) is 0.0758. The van der Waals surface area contributed by atoms with E-state index in [0.717, 1.165) is 43.9 Å². The molecule has 0 spiro atoms. The van der Waals surface area contributed by atoms with Crippen molar-refractivity contribution in [1.29, 1.82) is 0 Å². The number of hydrogen-bond donors (Lipinski definition) is 1. The van der Waals surface area contributed by atoms with Crippen LogP contribution >= 0.6 is 11.8 Å². The number of urea groups is 1. The first kappa shape index (κ1) is 12.5. The quantitative estimate of drug-likeness (QED) is 0.823. The fourth-order valence-corrected chi connectivity index (χ4v) is 2.89. The van der Waals surface area contributed by atoms with Crippen LogP contribution in [-0.4, -0.2) is 64.1 Å². The molecule has 2 aliphatic rings. The van der Waals surface area contributed by atoms with Gasteiger partial charge in [-0.2, -0.15) is 11.8 Å². The van der Waals surface area contributed by atoms with Gasteiger partial charge in [-0.05, 0) is 25.0 Å². The number of carbonyl (C=O) groups is 2. The maximum absolute atomic E-state index is 12.2. The fourth-order valence-electron chi connectivity index (χ4n) is 2.00. The molecule has 17 heavy (non-hydrogen) atoms. The van der Waals surface area contributed by atoms with Crippen molar-refractivity contribution >= 4 is 23.8 Å². The Hall–Kier alpha value is -0.910. The van der Waals surface area contributed by atoms with Gasteiger partial charge in [0.05, 0.1) is 0 Å². The van der Waals surface area contributed by atoms with Gasteiger partial charge in [-0.15, -0.1) is 0 Å². The van der Waals surface area contributed by atoms with E-state index in [0.29, 0.717) is 0 Å². The van der Waals surface area contributed by atoms with E-state index in [1.165, 1.54) is 4.90 Å². The Labute approximate surface area is 105 Å². The average molecular weight is 258 g/mol. The van der Waals surface area contributed by atoms with Gasteiger partial charge in [0.15, 0.2) is 0 Å². The lowest BCUT2D eigenvalue weighted by atomic mass is 10.4. The van der Waals surface area contributed by atoms with Gasteiger partial charge in [-0.1, -0.05) is 0 Å². The summed E-state index contributed by atoms with van der Waals surface area (Å²) in [5.41, 5.74) is 0. The highest BCUT2D eigenvalue weighted by Crippen LogP contribution is 2.28. The molecule has 2 amide bonds. The van der Waals surface area contributed by atoms with Crippen molar-refractivity contribution < 1.29 is 14.7 Å². The topological polar surface area (TPSA) is 60.9 Å². The molecule has 6 heteroatoms. The minimum Gasteiger partial charge on any atom is -0.480 e. The molecule has 5 nitrogen and oxygen atoms in total. The molecule has 1 saturated heterocycles. The normalized spacial score (nSPS) is 20.8. The molecule has 0 unspecified atom stereocenters. The SMILES string of the molecule is O=C(O)CN(C(=O)N1CCCSCC1)C1CC1. The second kappa shape index (κ2) is 5.62. The number of hydrogen-bond acceptors (Lipinski definition) is 3. The van der Waals surface area contributed by atoms with Gasteiger partial charge in [-0.3, -0.25) is 4.79 Å². The summed E-state index contributed by atoms with van der Waals surface area (Å²) in [4.78, 5) is 26.4. The molecule has 96 valence electrons. The van der Waals surface area contributed by atoms with Crippen LogP contribution in [0.4, 0.5) is 4.79 Å². The predicted molar refractivity (Wildman–Crippen MR) is 66.3 cm³/mol. The second-order valence-electron chi connectivity index (χ2n) is 4.49. The van der Waals surface area contributed by atoms with Crippen LogP contribution in [0.15, 0.2) is 0 Å². The van der Waals surface area contributed by atoms with Gasteiger partial charge >= 0.3 is 12.0 Å². The largest absolute Gasteiger partial charge is 0.480 e. The van der Waals surface area contributed by atoms with Crippen molar-refractivity contribution in [2.75, 3.05) is 31.1 Å². The molecule has 0 bridgehead atoms. The highest BCUT2D eigenvalue weighted by atomic mass is 32.2. The van der Waals surface area contributed by atoms with Gasteiger partial charge in [-0.25, -0.2) is 4.79 Å². The van der Waals surface area contributed by atoms with Crippen LogP contribution < -0.4 is 0 Å². The maximum Gasteiger partial charge on any atom is 0.323 e. The number of carboxylic acid groups (broad SMARTS) is 1. The van der Waals surface area contributed by atoms with E-state index in [4.69, 9.17) is 5.11 Å². The van der Waals surface area contributed by atoms with Gasteiger partial charge in [0.2, 0.25) is 0 Å². The molecule has 0 radical (unpaired) electrons. The van der Waals surface area contributed by atoms with Gasteiger partial charge in [0, 0.05) is 24.9 Å². The second-order valence-corrected chi connectivity index (χ2v) is 5.71. The highest BCUT2D eigenvalue weighted by molar-refractivity contribution is 7.99. The van der Waals surface area contributed by atoms with Crippen molar-refractivity contribution in [3.05, 3.63) is 0 Å². The lowest BCUT2D eigenvalue weighted by molar-refractivity contribution is -0.137. The summed E-state index contributed by atoms with van der Waals surface area (Å²) in [6.45, 7) is 1.34. The third-order valence-electron chi connectivity index (χ3n) is 3.03. The van der Waals surface area contributed by atoms with E-state index >= 15 is 0 Å². The number of nitrogens with zero attached hydrogens (tertiary/aromatic N) is 2. The number of amides is 2. The average Bonchev–Trinajstić information content (AvgIpc) is 3.10. The van der Waals surface area contributed by atoms with Crippen molar-refractivity contribution in [2.24, 2.45) is 0 Å². The molecular formula is C11H18N2O3S. The summed E-state index contributed by atoms with van der Waals surface area (Å²) in [6.07, 6.45) is 2.89.